The van der Waals surface area contributed by atoms with Gasteiger partial charge < -0.3 is 0 Å². The molecule has 0 aliphatic carbocycles. The van der Waals surface area contributed by atoms with E-state index >= 15 is 0 Å². The molecule has 0 N–H and O–H groups in total. The van der Waals surface area contributed by atoms with Crippen LogP contribution in [0, 0.1) is 5.92 Å². The van der Waals surface area contributed by atoms with E-state index in [4.69, 9.17) is 5.53 Å². The molecule has 0 aromatic carbocycles. The molecule has 0 saturated carbocycles. The Morgan fingerprint density at radius 2 is 2.15 bits per heavy atom. The first-order valence-corrected chi connectivity index (χ1v) is 4.68. The van der Waals surface area contributed by atoms with Crippen LogP contribution in [-0.2, 0) is 4.79 Å². The Balaban J connectivity index is 4.08. The lowest BCUT2D eigenvalue weighted by Crippen LogP contribution is -2.15. The van der Waals surface area contributed by atoms with E-state index in [-0.39, 0.29) is 17.7 Å². The fourth-order valence-corrected chi connectivity index (χ4v) is 1.07. The molecule has 1 atom stereocenters. The summed E-state index contributed by atoms with van der Waals surface area (Å²) in [6.07, 6.45) is 2.12. The van der Waals surface area contributed by atoms with Gasteiger partial charge in [0, 0.05) is 23.3 Å². The standard InChI is InChI=1S/C9H17N3O/c1-4-5-8(11-12-10)6-9(13)7(2)3/h7-8H,4-6H2,1-3H3/t8-/m1/s1. The molecule has 0 aromatic heterocycles. The van der Waals surface area contributed by atoms with Crippen LogP contribution in [0.15, 0.2) is 5.11 Å². The average Bonchev–Trinajstić information content (AvgIpc) is 2.05. The lowest BCUT2D eigenvalue weighted by molar-refractivity contribution is -0.122. The van der Waals surface area contributed by atoms with Crippen molar-refractivity contribution < 1.29 is 4.79 Å². The van der Waals surface area contributed by atoms with E-state index in [1.54, 1.807) is 0 Å². The smallest absolute Gasteiger partial charge is 0.135 e. The second-order valence-corrected chi connectivity index (χ2v) is 3.47. The van der Waals surface area contributed by atoms with Gasteiger partial charge in [-0.25, -0.2) is 0 Å². The van der Waals surface area contributed by atoms with Crippen molar-refractivity contribution in [3.8, 4) is 0 Å². The molecule has 0 aliphatic rings. The number of ketones is 1. The van der Waals surface area contributed by atoms with Gasteiger partial charge in [-0.1, -0.05) is 32.3 Å². The van der Waals surface area contributed by atoms with Crippen LogP contribution in [-0.4, -0.2) is 11.8 Å². The molecule has 74 valence electrons. The van der Waals surface area contributed by atoms with Crippen molar-refractivity contribution in [1.82, 2.24) is 0 Å². The number of azide groups is 1. The van der Waals surface area contributed by atoms with Gasteiger partial charge in [0.2, 0.25) is 0 Å². The van der Waals surface area contributed by atoms with Gasteiger partial charge in [-0.15, -0.1) is 0 Å². The van der Waals surface area contributed by atoms with E-state index in [0.717, 1.165) is 12.8 Å². The zero-order valence-corrected chi connectivity index (χ0v) is 8.53. The summed E-state index contributed by atoms with van der Waals surface area (Å²) in [7, 11) is 0. The van der Waals surface area contributed by atoms with E-state index in [0.29, 0.717) is 6.42 Å². The summed E-state index contributed by atoms with van der Waals surface area (Å²) in [6.45, 7) is 5.74. The van der Waals surface area contributed by atoms with Gasteiger partial charge in [-0.2, -0.15) is 0 Å². The van der Waals surface area contributed by atoms with Gasteiger partial charge in [0.25, 0.3) is 0 Å². The fourth-order valence-electron chi connectivity index (χ4n) is 1.07. The van der Waals surface area contributed by atoms with Crippen LogP contribution in [0.25, 0.3) is 10.4 Å². The lowest BCUT2D eigenvalue weighted by Gasteiger charge is -2.09. The van der Waals surface area contributed by atoms with Gasteiger partial charge in [-0.3, -0.25) is 4.79 Å². The Morgan fingerprint density at radius 1 is 1.54 bits per heavy atom. The number of nitrogens with zero attached hydrogens (tertiary/aromatic N) is 3. The highest BCUT2D eigenvalue weighted by Crippen LogP contribution is 2.11. The highest BCUT2D eigenvalue weighted by atomic mass is 16.1. The number of rotatable bonds is 6. The molecule has 4 nitrogen and oxygen atoms in total. The van der Waals surface area contributed by atoms with Crippen molar-refractivity contribution in [2.45, 2.75) is 46.1 Å². The summed E-state index contributed by atoms with van der Waals surface area (Å²) < 4.78 is 0. The quantitative estimate of drug-likeness (QED) is 0.354. The second kappa shape index (κ2) is 6.49. The normalized spacial score (nSPS) is 12.3. The van der Waals surface area contributed by atoms with E-state index < -0.39 is 0 Å². The topological polar surface area (TPSA) is 65.8 Å². The van der Waals surface area contributed by atoms with Crippen molar-refractivity contribution in [3.05, 3.63) is 10.4 Å². The Bertz CT molecular complexity index is 207. The molecule has 0 aromatic rings. The molecule has 4 heteroatoms. The van der Waals surface area contributed by atoms with E-state index in [1.165, 1.54) is 0 Å². The minimum Gasteiger partial charge on any atom is -0.299 e. The van der Waals surface area contributed by atoms with Gasteiger partial charge in [0.15, 0.2) is 0 Å². The fraction of sp³-hybridized carbons (Fsp3) is 0.889. The SMILES string of the molecule is CCC[C@H](CC(=O)C(C)C)N=[N+]=[N-]. The third-order valence-corrected chi connectivity index (χ3v) is 1.92. The van der Waals surface area contributed by atoms with Crippen LogP contribution in [0.1, 0.15) is 40.0 Å². The lowest BCUT2D eigenvalue weighted by atomic mass is 9.99. The molecule has 0 amide bonds. The molecule has 0 rings (SSSR count). The van der Waals surface area contributed by atoms with Gasteiger partial charge >= 0.3 is 0 Å². The third-order valence-electron chi connectivity index (χ3n) is 1.92. The summed E-state index contributed by atoms with van der Waals surface area (Å²) in [4.78, 5) is 14.1. The van der Waals surface area contributed by atoms with Crippen LogP contribution in [0.2, 0.25) is 0 Å². The van der Waals surface area contributed by atoms with Crippen molar-refractivity contribution in [2.75, 3.05) is 0 Å². The first kappa shape index (κ1) is 12.0. The maximum Gasteiger partial charge on any atom is 0.135 e. The monoisotopic (exact) mass is 183 g/mol. The van der Waals surface area contributed by atoms with E-state index in [1.807, 2.05) is 20.8 Å². The van der Waals surface area contributed by atoms with Crippen LogP contribution in [0.4, 0.5) is 0 Å². The first-order valence-electron chi connectivity index (χ1n) is 4.68. The Labute approximate surface area is 79.0 Å². The molecular formula is C9H17N3O. The average molecular weight is 183 g/mol. The molecule has 0 bridgehead atoms. The summed E-state index contributed by atoms with van der Waals surface area (Å²) >= 11 is 0. The summed E-state index contributed by atoms with van der Waals surface area (Å²) in [5.74, 6) is 0.207. The maximum atomic E-state index is 11.3. The second-order valence-electron chi connectivity index (χ2n) is 3.47. The van der Waals surface area contributed by atoms with Crippen molar-refractivity contribution >= 4 is 5.78 Å². The predicted octanol–water partition coefficient (Wildman–Crippen LogP) is 3.08. The van der Waals surface area contributed by atoms with E-state index in [9.17, 15) is 4.79 Å². The largest absolute Gasteiger partial charge is 0.299 e. The third kappa shape index (κ3) is 5.26. The Kier molecular flexibility index (Phi) is 5.98. The Hall–Kier alpha value is -1.02. The highest BCUT2D eigenvalue weighted by molar-refractivity contribution is 5.80. The number of hydrogen-bond donors (Lipinski definition) is 0. The summed E-state index contributed by atoms with van der Waals surface area (Å²) in [6, 6.07) is -0.148. The van der Waals surface area contributed by atoms with E-state index in [2.05, 4.69) is 10.0 Å². The molecule has 0 radical (unpaired) electrons. The molecule has 0 fully saturated rings. The molecule has 0 heterocycles. The number of carbonyl (C=O) groups excluding carboxylic acids is 1. The molecule has 0 saturated heterocycles. The van der Waals surface area contributed by atoms with Gasteiger partial charge in [0.05, 0.1) is 0 Å². The maximum absolute atomic E-state index is 11.3. The van der Waals surface area contributed by atoms with Crippen LogP contribution in [0.5, 0.6) is 0 Å². The molecule has 0 unspecified atom stereocenters. The van der Waals surface area contributed by atoms with Crippen LogP contribution in [0.3, 0.4) is 0 Å². The number of hydrogen-bond acceptors (Lipinski definition) is 2. The molecular weight excluding hydrogens is 166 g/mol. The van der Waals surface area contributed by atoms with Crippen molar-refractivity contribution in [1.29, 1.82) is 0 Å². The molecule has 13 heavy (non-hydrogen) atoms. The van der Waals surface area contributed by atoms with Crippen molar-refractivity contribution in [3.63, 3.8) is 0 Å². The molecule has 0 spiro atoms. The zero-order chi connectivity index (χ0) is 10.3. The van der Waals surface area contributed by atoms with Gasteiger partial charge in [-0.05, 0) is 12.0 Å². The number of Topliss-reactive ketones (excluding diaryl/α,β-unsaturated/α-hetero) is 1. The zero-order valence-electron chi connectivity index (χ0n) is 8.53. The van der Waals surface area contributed by atoms with Crippen molar-refractivity contribution in [2.24, 2.45) is 11.0 Å². The summed E-state index contributed by atoms with van der Waals surface area (Å²) in [5, 5.41) is 3.60. The summed E-state index contributed by atoms with van der Waals surface area (Å²) in [5.41, 5.74) is 8.26. The molecule has 0 aliphatic heterocycles. The highest BCUT2D eigenvalue weighted by Gasteiger charge is 2.13. The predicted molar refractivity (Wildman–Crippen MR) is 52.3 cm³/mol. The number of carbonyl (C=O) groups is 1. The minimum absolute atomic E-state index is 0.0354. The van der Waals surface area contributed by atoms with Crippen LogP contribution < -0.4 is 0 Å². The Morgan fingerprint density at radius 3 is 2.54 bits per heavy atom. The van der Waals surface area contributed by atoms with Gasteiger partial charge in [0.1, 0.15) is 5.78 Å². The first-order chi connectivity index (χ1) is 6.11. The van der Waals surface area contributed by atoms with Crippen LogP contribution >= 0.6 is 0 Å². The minimum atomic E-state index is -0.148.